The first-order valence-electron chi connectivity index (χ1n) is 10.2. The molecule has 0 saturated carbocycles. The topological polar surface area (TPSA) is 55.4 Å². The van der Waals surface area contributed by atoms with Crippen molar-refractivity contribution in [2.24, 2.45) is 0 Å². The Balaban J connectivity index is 2.60. The molecule has 1 atom stereocenters. The summed E-state index contributed by atoms with van der Waals surface area (Å²) in [5.41, 5.74) is 0.389. The maximum atomic E-state index is 12.6. The highest BCUT2D eigenvalue weighted by atomic mass is 32.2. The fraction of sp³-hybridized carbons (Fsp3) is 0.565. The molecular formula is C23H36NO3S+. The first-order chi connectivity index (χ1) is 13.3. The summed E-state index contributed by atoms with van der Waals surface area (Å²) in [4.78, 5) is 25.9. The van der Waals surface area contributed by atoms with E-state index in [1.165, 1.54) is 30.6 Å². The fourth-order valence-electron chi connectivity index (χ4n) is 2.80. The first-order valence-corrected chi connectivity index (χ1v) is 12.2. The highest BCUT2D eigenvalue weighted by Gasteiger charge is 2.23. The van der Waals surface area contributed by atoms with E-state index in [2.05, 4.69) is 31.3 Å². The van der Waals surface area contributed by atoms with E-state index in [4.69, 9.17) is 4.74 Å². The van der Waals surface area contributed by atoms with Crippen LogP contribution in [0.2, 0.25) is 0 Å². The zero-order valence-electron chi connectivity index (χ0n) is 17.9. The second-order valence-corrected chi connectivity index (χ2v) is 9.53. The Morgan fingerprint density at radius 2 is 1.61 bits per heavy atom. The van der Waals surface area contributed by atoms with Crippen molar-refractivity contribution in [3.8, 4) is 5.75 Å². The lowest BCUT2D eigenvalue weighted by atomic mass is 10.0. The van der Waals surface area contributed by atoms with Gasteiger partial charge in [-0.2, -0.15) is 0 Å². The lowest BCUT2D eigenvalue weighted by molar-refractivity contribution is -0.139. The molecule has 1 rings (SSSR count). The van der Waals surface area contributed by atoms with Crippen molar-refractivity contribution in [2.75, 3.05) is 12.5 Å². The summed E-state index contributed by atoms with van der Waals surface area (Å²) in [5, 5.41) is 2.77. The van der Waals surface area contributed by atoms with Gasteiger partial charge in [0.05, 0.1) is 0 Å². The molecule has 1 amide bonds. The summed E-state index contributed by atoms with van der Waals surface area (Å²) in [7, 11) is 0.162. The Morgan fingerprint density at radius 3 is 2.14 bits per heavy atom. The molecule has 1 aromatic rings. The van der Waals surface area contributed by atoms with Crippen LogP contribution in [-0.4, -0.2) is 30.4 Å². The monoisotopic (exact) mass is 406 g/mol. The Kier molecular flexibility index (Phi) is 11.7. The maximum absolute atomic E-state index is 12.6. The number of unbranched alkanes of at least 4 members (excludes halogenated alkanes) is 6. The van der Waals surface area contributed by atoms with Gasteiger partial charge in [0.15, 0.2) is 4.90 Å². The number of hydrogen-bond acceptors (Lipinski definition) is 3. The van der Waals surface area contributed by atoms with Crippen LogP contribution >= 0.6 is 0 Å². The Bertz CT molecular complexity index is 625. The van der Waals surface area contributed by atoms with E-state index in [0.29, 0.717) is 17.7 Å². The molecule has 0 bridgehead atoms. The number of amides is 1. The zero-order valence-corrected chi connectivity index (χ0v) is 18.7. The summed E-state index contributed by atoms with van der Waals surface area (Å²) in [6.45, 7) is 7.49. The standard InChI is InChI=1S/C23H35NO3S/c1-6-7-8-9-10-11-12-13-21(24-22(25)18(2)3)23(26)27-19-14-16-20(17-15-19)28(4)5/h14-17,21H,2,6-13H2,1,3-5H3/p+1. The van der Waals surface area contributed by atoms with Crippen LogP contribution in [0, 0.1) is 0 Å². The van der Waals surface area contributed by atoms with E-state index >= 15 is 0 Å². The van der Waals surface area contributed by atoms with Crippen LogP contribution in [0.5, 0.6) is 5.75 Å². The maximum Gasteiger partial charge on any atom is 0.334 e. The predicted octanol–water partition coefficient (Wildman–Crippen LogP) is 5.03. The smallest absolute Gasteiger partial charge is 0.334 e. The number of carbonyl (C=O) groups excluding carboxylic acids is 2. The van der Waals surface area contributed by atoms with Crippen molar-refractivity contribution in [1.29, 1.82) is 0 Å². The van der Waals surface area contributed by atoms with Gasteiger partial charge in [-0.25, -0.2) is 4.79 Å². The van der Waals surface area contributed by atoms with Crippen LogP contribution in [0.15, 0.2) is 41.3 Å². The zero-order chi connectivity index (χ0) is 20.9. The summed E-state index contributed by atoms with van der Waals surface area (Å²) in [5.74, 6) is -0.213. The van der Waals surface area contributed by atoms with Gasteiger partial charge in [-0.3, -0.25) is 4.79 Å². The van der Waals surface area contributed by atoms with Gasteiger partial charge in [-0.15, -0.1) is 0 Å². The van der Waals surface area contributed by atoms with Gasteiger partial charge in [0.2, 0.25) is 5.91 Å². The Morgan fingerprint density at radius 1 is 1.04 bits per heavy atom. The highest BCUT2D eigenvalue weighted by Crippen LogP contribution is 2.18. The minimum Gasteiger partial charge on any atom is -0.425 e. The number of hydrogen-bond donors (Lipinski definition) is 1. The minimum atomic E-state index is -0.647. The molecule has 1 aromatic carbocycles. The molecule has 4 nitrogen and oxygen atoms in total. The molecule has 0 aliphatic rings. The van der Waals surface area contributed by atoms with Gasteiger partial charge < -0.3 is 10.1 Å². The first kappa shape index (κ1) is 24.3. The summed E-state index contributed by atoms with van der Waals surface area (Å²) in [6, 6.07) is 6.93. The number of nitrogens with one attached hydrogen (secondary N) is 1. The summed E-state index contributed by atoms with van der Waals surface area (Å²) in [6.07, 6.45) is 13.0. The Hall–Kier alpha value is -1.75. The van der Waals surface area contributed by atoms with Crippen LogP contribution in [0.4, 0.5) is 0 Å². The van der Waals surface area contributed by atoms with E-state index in [1.54, 1.807) is 6.92 Å². The van der Waals surface area contributed by atoms with Crippen LogP contribution in [0.3, 0.4) is 0 Å². The molecule has 0 heterocycles. The molecule has 0 aliphatic carbocycles. The van der Waals surface area contributed by atoms with Gasteiger partial charge in [0.1, 0.15) is 24.3 Å². The van der Waals surface area contributed by atoms with E-state index in [-0.39, 0.29) is 16.8 Å². The molecule has 0 spiro atoms. The van der Waals surface area contributed by atoms with Crippen molar-refractivity contribution >= 4 is 22.8 Å². The van der Waals surface area contributed by atoms with Crippen LogP contribution in [-0.2, 0) is 20.5 Å². The van der Waals surface area contributed by atoms with E-state index in [9.17, 15) is 9.59 Å². The largest absolute Gasteiger partial charge is 0.425 e. The summed E-state index contributed by atoms with van der Waals surface area (Å²) < 4.78 is 5.52. The third-order valence-electron chi connectivity index (χ3n) is 4.59. The normalized spacial score (nSPS) is 11.9. The quantitative estimate of drug-likeness (QED) is 0.164. The van der Waals surface area contributed by atoms with Crippen molar-refractivity contribution in [2.45, 2.75) is 76.2 Å². The van der Waals surface area contributed by atoms with E-state index in [0.717, 1.165) is 19.3 Å². The molecule has 5 heteroatoms. The number of ether oxygens (including phenoxy) is 1. The number of benzene rings is 1. The van der Waals surface area contributed by atoms with E-state index < -0.39 is 12.0 Å². The molecule has 0 fully saturated rings. The Labute approximate surface area is 173 Å². The van der Waals surface area contributed by atoms with E-state index in [1.807, 2.05) is 24.3 Å². The average Bonchev–Trinajstić information content (AvgIpc) is 2.66. The SMILES string of the molecule is C=C(C)C(=O)NC(CCCCCCCCC)C(=O)Oc1ccc([S+](C)C)cc1. The molecule has 156 valence electrons. The van der Waals surface area contributed by atoms with Crippen molar-refractivity contribution in [1.82, 2.24) is 5.32 Å². The molecule has 1 unspecified atom stereocenters. The lowest BCUT2D eigenvalue weighted by Gasteiger charge is -2.17. The van der Waals surface area contributed by atoms with Crippen molar-refractivity contribution in [3.05, 3.63) is 36.4 Å². The van der Waals surface area contributed by atoms with Crippen LogP contribution < -0.4 is 10.1 Å². The predicted molar refractivity (Wildman–Crippen MR) is 119 cm³/mol. The number of rotatable bonds is 13. The van der Waals surface area contributed by atoms with Crippen LogP contribution in [0.1, 0.15) is 65.2 Å². The molecule has 0 aromatic heterocycles. The third kappa shape index (κ3) is 9.45. The highest BCUT2D eigenvalue weighted by molar-refractivity contribution is 7.95. The van der Waals surface area contributed by atoms with Crippen molar-refractivity contribution < 1.29 is 14.3 Å². The van der Waals surface area contributed by atoms with Gasteiger partial charge in [0, 0.05) is 16.5 Å². The minimum absolute atomic E-state index is 0.162. The second kappa shape index (κ2) is 13.4. The molecule has 1 N–H and O–H groups in total. The molecule has 0 aliphatic heterocycles. The third-order valence-corrected chi connectivity index (χ3v) is 5.80. The second-order valence-electron chi connectivity index (χ2n) is 7.43. The lowest BCUT2D eigenvalue weighted by Crippen LogP contribution is -2.43. The van der Waals surface area contributed by atoms with Gasteiger partial charge in [-0.05, 0) is 37.6 Å². The fourth-order valence-corrected chi connectivity index (χ4v) is 3.48. The molecule has 0 radical (unpaired) electrons. The number of carbonyl (C=O) groups is 2. The molecule has 28 heavy (non-hydrogen) atoms. The van der Waals surface area contributed by atoms with Gasteiger partial charge in [0.25, 0.3) is 0 Å². The van der Waals surface area contributed by atoms with Crippen LogP contribution in [0.25, 0.3) is 0 Å². The number of esters is 1. The average molecular weight is 407 g/mol. The van der Waals surface area contributed by atoms with Crippen molar-refractivity contribution in [3.63, 3.8) is 0 Å². The summed E-state index contributed by atoms with van der Waals surface area (Å²) >= 11 is 0. The molecule has 0 saturated heterocycles. The molecular weight excluding hydrogens is 370 g/mol. The van der Waals surface area contributed by atoms with Gasteiger partial charge in [-0.1, -0.05) is 58.4 Å². The van der Waals surface area contributed by atoms with Gasteiger partial charge >= 0.3 is 5.97 Å².